The number of benzene rings is 1. The fraction of sp³-hybridized carbons (Fsp3) is 0. The predicted octanol–water partition coefficient (Wildman–Crippen LogP) is 3.45. The van der Waals surface area contributed by atoms with Gasteiger partial charge in [0.15, 0.2) is 0 Å². The highest BCUT2D eigenvalue weighted by Crippen LogP contribution is 2.26. The number of hydrogen-bond acceptors (Lipinski definition) is 2. The average molecular weight is 337 g/mol. The van der Waals surface area contributed by atoms with Gasteiger partial charge < -0.3 is 0 Å². The summed E-state index contributed by atoms with van der Waals surface area (Å²) in [6.07, 6.45) is 1.56. The second-order valence-corrected chi connectivity index (χ2v) is 4.67. The third kappa shape index (κ3) is 1.85. The van der Waals surface area contributed by atoms with Crippen LogP contribution in [0.2, 0.25) is 5.28 Å². The first-order valence-corrected chi connectivity index (χ1v) is 5.66. The van der Waals surface area contributed by atoms with Crippen LogP contribution in [0.3, 0.4) is 0 Å². The van der Waals surface area contributed by atoms with Crippen molar-refractivity contribution in [3.8, 4) is 5.69 Å². The standard InChI is InChI=1S/C8H4Br2ClN3/c9-5-1-2-6(10)7(3-5)14-4-12-13-8(14)11/h1-4H. The summed E-state index contributed by atoms with van der Waals surface area (Å²) in [5.74, 6) is 0. The molecular formula is C8H4Br2ClN3. The van der Waals surface area contributed by atoms with Gasteiger partial charge in [0.05, 0.1) is 5.69 Å². The molecule has 1 heterocycles. The van der Waals surface area contributed by atoms with Crippen LogP contribution in [0.4, 0.5) is 0 Å². The van der Waals surface area contributed by atoms with Crippen molar-refractivity contribution in [2.45, 2.75) is 0 Å². The average Bonchev–Trinajstić information content (AvgIpc) is 2.56. The van der Waals surface area contributed by atoms with Crippen LogP contribution < -0.4 is 0 Å². The lowest BCUT2D eigenvalue weighted by Crippen LogP contribution is -1.93. The van der Waals surface area contributed by atoms with Gasteiger partial charge in [0.25, 0.3) is 0 Å². The van der Waals surface area contributed by atoms with Gasteiger partial charge in [-0.2, -0.15) is 0 Å². The Morgan fingerprint density at radius 2 is 2.07 bits per heavy atom. The molecule has 0 amide bonds. The molecule has 0 aliphatic carbocycles. The molecule has 0 fully saturated rings. The molecule has 0 aliphatic heterocycles. The van der Waals surface area contributed by atoms with Gasteiger partial charge in [-0.1, -0.05) is 15.9 Å². The molecule has 1 aromatic heterocycles. The van der Waals surface area contributed by atoms with E-state index < -0.39 is 0 Å². The monoisotopic (exact) mass is 335 g/mol. The molecular weight excluding hydrogens is 333 g/mol. The van der Waals surface area contributed by atoms with E-state index in [-0.39, 0.29) is 0 Å². The maximum Gasteiger partial charge on any atom is 0.229 e. The number of halogens is 3. The van der Waals surface area contributed by atoms with E-state index in [1.807, 2.05) is 18.2 Å². The van der Waals surface area contributed by atoms with Crippen LogP contribution in [0.5, 0.6) is 0 Å². The lowest BCUT2D eigenvalue weighted by Gasteiger charge is -2.05. The summed E-state index contributed by atoms with van der Waals surface area (Å²) in [6, 6.07) is 5.79. The van der Waals surface area contributed by atoms with E-state index in [1.54, 1.807) is 10.9 Å². The molecule has 2 rings (SSSR count). The van der Waals surface area contributed by atoms with Crippen LogP contribution in [-0.4, -0.2) is 14.8 Å². The summed E-state index contributed by atoms with van der Waals surface area (Å²) in [7, 11) is 0. The molecule has 0 unspecified atom stereocenters. The van der Waals surface area contributed by atoms with Crippen molar-refractivity contribution in [3.63, 3.8) is 0 Å². The lowest BCUT2D eigenvalue weighted by molar-refractivity contribution is 1.05. The maximum absolute atomic E-state index is 5.85. The maximum atomic E-state index is 5.85. The van der Waals surface area contributed by atoms with Crippen molar-refractivity contribution < 1.29 is 0 Å². The third-order valence-electron chi connectivity index (χ3n) is 1.67. The van der Waals surface area contributed by atoms with Crippen molar-refractivity contribution in [2.24, 2.45) is 0 Å². The van der Waals surface area contributed by atoms with Gasteiger partial charge in [-0.3, -0.25) is 4.57 Å². The first kappa shape index (κ1) is 10.1. The minimum Gasteiger partial charge on any atom is -0.271 e. The molecule has 0 N–H and O–H groups in total. The van der Waals surface area contributed by atoms with Crippen LogP contribution >= 0.6 is 43.5 Å². The normalized spacial score (nSPS) is 10.5. The third-order valence-corrected chi connectivity index (χ3v) is 3.10. The van der Waals surface area contributed by atoms with E-state index in [0.29, 0.717) is 5.28 Å². The molecule has 0 bridgehead atoms. The minimum absolute atomic E-state index is 0.337. The molecule has 0 atom stereocenters. The number of rotatable bonds is 1. The Bertz CT molecular complexity index is 469. The highest BCUT2D eigenvalue weighted by molar-refractivity contribution is 9.11. The summed E-state index contributed by atoms with van der Waals surface area (Å²) in [6.45, 7) is 0. The SMILES string of the molecule is Clc1nncn1-c1cc(Br)ccc1Br. The molecule has 0 spiro atoms. The smallest absolute Gasteiger partial charge is 0.229 e. The second kappa shape index (κ2) is 4.00. The predicted molar refractivity (Wildman–Crippen MR) is 61.8 cm³/mol. The molecule has 2 aromatic rings. The zero-order valence-electron chi connectivity index (χ0n) is 6.78. The van der Waals surface area contributed by atoms with E-state index >= 15 is 0 Å². The molecule has 72 valence electrons. The quantitative estimate of drug-likeness (QED) is 0.798. The molecule has 6 heteroatoms. The highest BCUT2D eigenvalue weighted by atomic mass is 79.9. The van der Waals surface area contributed by atoms with E-state index in [2.05, 4.69) is 42.1 Å². The zero-order valence-corrected chi connectivity index (χ0v) is 10.7. The Morgan fingerprint density at radius 1 is 1.29 bits per heavy atom. The van der Waals surface area contributed by atoms with E-state index in [9.17, 15) is 0 Å². The van der Waals surface area contributed by atoms with Gasteiger partial charge in [-0.05, 0) is 45.7 Å². The van der Waals surface area contributed by atoms with Crippen LogP contribution in [0.15, 0.2) is 33.5 Å². The van der Waals surface area contributed by atoms with Crippen LogP contribution in [0.1, 0.15) is 0 Å². The minimum atomic E-state index is 0.337. The lowest BCUT2D eigenvalue weighted by atomic mass is 10.3. The topological polar surface area (TPSA) is 30.7 Å². The van der Waals surface area contributed by atoms with Gasteiger partial charge in [0.2, 0.25) is 5.28 Å². The molecule has 0 aliphatic rings. The molecule has 1 aromatic carbocycles. The van der Waals surface area contributed by atoms with Crippen LogP contribution in [-0.2, 0) is 0 Å². The van der Waals surface area contributed by atoms with Crippen LogP contribution in [0.25, 0.3) is 5.69 Å². The van der Waals surface area contributed by atoms with Gasteiger partial charge in [0, 0.05) is 8.95 Å². The van der Waals surface area contributed by atoms with Crippen molar-refractivity contribution in [2.75, 3.05) is 0 Å². The summed E-state index contributed by atoms with van der Waals surface area (Å²) in [4.78, 5) is 0. The Labute approximate surface area is 102 Å². The van der Waals surface area contributed by atoms with Crippen molar-refractivity contribution in [1.29, 1.82) is 0 Å². The van der Waals surface area contributed by atoms with E-state index in [0.717, 1.165) is 14.6 Å². The Morgan fingerprint density at radius 3 is 2.71 bits per heavy atom. The fourth-order valence-corrected chi connectivity index (χ4v) is 2.02. The summed E-state index contributed by atoms with van der Waals surface area (Å²) in [5, 5.41) is 7.76. The van der Waals surface area contributed by atoms with Gasteiger partial charge in [-0.25, -0.2) is 0 Å². The second-order valence-electron chi connectivity index (χ2n) is 2.57. The summed E-state index contributed by atoms with van der Waals surface area (Å²) in [5.41, 5.74) is 0.898. The van der Waals surface area contributed by atoms with Crippen molar-refractivity contribution in [1.82, 2.24) is 14.8 Å². The first-order valence-electron chi connectivity index (χ1n) is 3.69. The molecule has 0 saturated carbocycles. The Kier molecular flexibility index (Phi) is 2.90. The molecule has 0 saturated heterocycles. The zero-order chi connectivity index (χ0) is 10.1. The first-order chi connectivity index (χ1) is 6.68. The molecule has 0 radical (unpaired) electrons. The van der Waals surface area contributed by atoms with Gasteiger partial charge >= 0.3 is 0 Å². The molecule has 14 heavy (non-hydrogen) atoms. The number of nitrogens with zero attached hydrogens (tertiary/aromatic N) is 3. The molecule has 3 nitrogen and oxygen atoms in total. The van der Waals surface area contributed by atoms with Crippen LogP contribution in [0, 0.1) is 0 Å². The largest absolute Gasteiger partial charge is 0.271 e. The van der Waals surface area contributed by atoms with Crippen molar-refractivity contribution >= 4 is 43.5 Å². The number of hydrogen-bond donors (Lipinski definition) is 0. The Balaban J connectivity index is 2.62. The van der Waals surface area contributed by atoms with E-state index in [4.69, 9.17) is 11.6 Å². The van der Waals surface area contributed by atoms with Gasteiger partial charge in [0.1, 0.15) is 6.33 Å². The van der Waals surface area contributed by atoms with Gasteiger partial charge in [-0.15, -0.1) is 10.2 Å². The highest BCUT2D eigenvalue weighted by Gasteiger charge is 2.07. The fourth-order valence-electron chi connectivity index (χ4n) is 1.05. The van der Waals surface area contributed by atoms with Crippen molar-refractivity contribution in [3.05, 3.63) is 38.8 Å². The number of aromatic nitrogens is 3. The summed E-state index contributed by atoms with van der Waals surface area (Å²) >= 11 is 12.7. The Hall–Kier alpha value is -0.390. The summed E-state index contributed by atoms with van der Waals surface area (Å²) < 4.78 is 3.60. The van der Waals surface area contributed by atoms with E-state index in [1.165, 1.54) is 0 Å².